The fourth-order valence-electron chi connectivity index (χ4n) is 3.92. The molecule has 1 unspecified atom stereocenters. The van der Waals surface area contributed by atoms with Crippen LogP contribution in [0.1, 0.15) is 22.4 Å². The topological polar surface area (TPSA) is 68.4 Å². The molecule has 0 radical (unpaired) electrons. The van der Waals surface area contributed by atoms with Crippen LogP contribution in [0.3, 0.4) is 0 Å². The zero-order chi connectivity index (χ0) is 23.8. The number of halogens is 5. The Morgan fingerprint density at radius 1 is 1.09 bits per heavy atom. The summed E-state index contributed by atoms with van der Waals surface area (Å²) in [5, 5.41) is 2.47. The molecule has 0 spiro atoms. The third-order valence-corrected chi connectivity index (χ3v) is 5.78. The number of anilines is 1. The Morgan fingerprint density at radius 2 is 1.76 bits per heavy atom. The van der Waals surface area contributed by atoms with Crippen LogP contribution in [0.4, 0.5) is 27.6 Å². The van der Waals surface area contributed by atoms with Crippen molar-refractivity contribution < 1.29 is 31.5 Å². The Labute approximate surface area is 186 Å². The number of hydrogen-bond acceptors (Lipinski definition) is 3. The molecule has 4 rings (SSSR count). The monoisotopic (exact) mass is 468 g/mol. The number of benzene rings is 1. The minimum Gasteiger partial charge on any atom is -0.359 e. The molecule has 1 fully saturated rings. The maximum absolute atomic E-state index is 13.7. The minimum absolute atomic E-state index is 0.232. The summed E-state index contributed by atoms with van der Waals surface area (Å²) in [7, 11) is 0. The van der Waals surface area contributed by atoms with Gasteiger partial charge in [-0.2, -0.15) is 13.2 Å². The van der Waals surface area contributed by atoms with Crippen LogP contribution in [-0.4, -0.2) is 58.9 Å². The Bertz CT molecular complexity index is 1070. The van der Waals surface area contributed by atoms with Gasteiger partial charge in [0.1, 0.15) is 5.83 Å². The van der Waals surface area contributed by atoms with Crippen molar-refractivity contribution in [3.8, 4) is 0 Å². The summed E-state index contributed by atoms with van der Waals surface area (Å²) in [6.07, 6.45) is -4.01. The van der Waals surface area contributed by atoms with Crippen molar-refractivity contribution in [2.75, 3.05) is 31.5 Å². The van der Waals surface area contributed by atoms with Crippen LogP contribution < -0.4 is 5.32 Å². The van der Waals surface area contributed by atoms with Crippen molar-refractivity contribution in [2.24, 2.45) is 0 Å². The standard InChI is InChI=1S/C22H21F5N4O2/c23-16-9-15-18(10-17(16)24)28-11-19(15)29-20(32)21(33)31-7-5-30(6-8-31)12-13-1-3-14(4-2-13)22(25,26)27/h1-4,10-11,16,28H,5-9,12H2,(H,29,32). The summed E-state index contributed by atoms with van der Waals surface area (Å²) in [5.41, 5.74) is 0.983. The lowest BCUT2D eigenvalue weighted by molar-refractivity contribution is -0.144. The maximum Gasteiger partial charge on any atom is 0.416 e. The van der Waals surface area contributed by atoms with E-state index < -0.39 is 35.6 Å². The van der Waals surface area contributed by atoms with E-state index in [2.05, 4.69) is 10.3 Å². The van der Waals surface area contributed by atoms with Crippen molar-refractivity contribution in [1.82, 2.24) is 14.8 Å². The van der Waals surface area contributed by atoms with E-state index >= 15 is 0 Å². The SMILES string of the molecule is O=C(Nc1c[nH]c2c1CC(F)C(F)=C2)C(=O)N1CCN(Cc2ccc(C(F)(F)F)cc2)CC1. The number of allylic oxidation sites excluding steroid dienone is 1. The van der Waals surface area contributed by atoms with Gasteiger partial charge in [0.25, 0.3) is 0 Å². The summed E-state index contributed by atoms with van der Waals surface area (Å²) in [4.78, 5) is 31.1. The lowest BCUT2D eigenvalue weighted by Crippen LogP contribution is -2.51. The summed E-state index contributed by atoms with van der Waals surface area (Å²) in [6.45, 7) is 1.88. The van der Waals surface area contributed by atoms with Gasteiger partial charge >= 0.3 is 18.0 Å². The van der Waals surface area contributed by atoms with E-state index in [0.29, 0.717) is 30.9 Å². The number of piperazine rings is 1. The second-order valence-electron chi connectivity index (χ2n) is 8.01. The average molecular weight is 468 g/mol. The zero-order valence-corrected chi connectivity index (χ0v) is 17.4. The Balaban J connectivity index is 1.29. The van der Waals surface area contributed by atoms with Crippen molar-refractivity contribution >= 4 is 23.6 Å². The van der Waals surface area contributed by atoms with Gasteiger partial charge in [0.15, 0.2) is 6.17 Å². The molecule has 6 nitrogen and oxygen atoms in total. The summed E-state index contributed by atoms with van der Waals surface area (Å²) in [5.74, 6) is -2.51. The van der Waals surface area contributed by atoms with Crippen LogP contribution in [-0.2, 0) is 28.7 Å². The van der Waals surface area contributed by atoms with Gasteiger partial charge in [0.2, 0.25) is 0 Å². The molecule has 0 bridgehead atoms. The predicted molar refractivity (Wildman–Crippen MR) is 110 cm³/mol. The highest BCUT2D eigenvalue weighted by atomic mass is 19.4. The number of H-pyrrole nitrogens is 1. The molecule has 2 heterocycles. The summed E-state index contributed by atoms with van der Waals surface area (Å²) < 4.78 is 65.1. The number of nitrogens with one attached hydrogen (secondary N) is 2. The quantitative estimate of drug-likeness (QED) is 0.535. The number of rotatable bonds is 3. The van der Waals surface area contributed by atoms with Crippen molar-refractivity contribution in [1.29, 1.82) is 0 Å². The largest absolute Gasteiger partial charge is 0.416 e. The molecule has 1 saturated heterocycles. The number of aromatic amines is 1. The fraction of sp³-hybridized carbons (Fsp3) is 0.364. The number of aromatic nitrogens is 1. The molecular formula is C22H21F5N4O2. The van der Waals surface area contributed by atoms with Gasteiger partial charge in [0.05, 0.1) is 11.3 Å². The first-order valence-electron chi connectivity index (χ1n) is 10.3. The van der Waals surface area contributed by atoms with Crippen molar-refractivity contribution in [3.05, 3.63) is 58.7 Å². The molecule has 2 amide bonds. The van der Waals surface area contributed by atoms with E-state index in [9.17, 15) is 31.5 Å². The summed E-state index contributed by atoms with van der Waals surface area (Å²) in [6, 6.07) is 4.92. The smallest absolute Gasteiger partial charge is 0.359 e. The van der Waals surface area contributed by atoms with Crippen LogP contribution in [0.25, 0.3) is 6.08 Å². The van der Waals surface area contributed by atoms with E-state index in [1.54, 1.807) is 0 Å². The molecule has 2 aromatic rings. The minimum atomic E-state index is -4.38. The van der Waals surface area contributed by atoms with Gasteiger partial charge in [-0.25, -0.2) is 8.78 Å². The highest BCUT2D eigenvalue weighted by Crippen LogP contribution is 2.32. The number of amides is 2. The molecule has 1 atom stereocenters. The normalized spacial score (nSPS) is 19.1. The van der Waals surface area contributed by atoms with Crippen molar-refractivity contribution in [2.45, 2.75) is 25.3 Å². The van der Waals surface area contributed by atoms with Gasteiger partial charge < -0.3 is 15.2 Å². The van der Waals surface area contributed by atoms with Crippen LogP contribution in [0.2, 0.25) is 0 Å². The first-order chi connectivity index (χ1) is 15.6. The Hall–Kier alpha value is -3.21. The van der Waals surface area contributed by atoms with Gasteiger partial charge in [0, 0.05) is 56.6 Å². The number of carbonyl (C=O) groups is 2. The first-order valence-corrected chi connectivity index (χ1v) is 10.3. The molecule has 2 aliphatic rings. The van der Waals surface area contributed by atoms with E-state index in [-0.39, 0.29) is 25.2 Å². The van der Waals surface area contributed by atoms with Gasteiger partial charge in [-0.1, -0.05) is 12.1 Å². The van der Waals surface area contributed by atoms with Gasteiger partial charge in [-0.05, 0) is 23.8 Å². The molecule has 1 aliphatic heterocycles. The number of carbonyl (C=O) groups excluding carboxylic acids is 2. The van der Waals surface area contributed by atoms with E-state index in [1.165, 1.54) is 23.2 Å². The molecule has 1 aliphatic carbocycles. The molecule has 2 N–H and O–H groups in total. The second kappa shape index (κ2) is 8.97. The lowest BCUT2D eigenvalue weighted by Gasteiger charge is -2.34. The Morgan fingerprint density at radius 3 is 2.39 bits per heavy atom. The fourth-order valence-corrected chi connectivity index (χ4v) is 3.92. The van der Waals surface area contributed by atoms with Gasteiger partial charge in [-0.3, -0.25) is 14.5 Å². The van der Waals surface area contributed by atoms with Crippen LogP contribution in [0.15, 0.2) is 36.3 Å². The number of fused-ring (bicyclic) bond motifs is 1. The lowest BCUT2D eigenvalue weighted by atomic mass is 10.0. The van der Waals surface area contributed by atoms with Crippen LogP contribution in [0.5, 0.6) is 0 Å². The molecule has 0 saturated carbocycles. The summed E-state index contributed by atoms with van der Waals surface area (Å²) >= 11 is 0. The first kappa shape index (κ1) is 23.0. The number of nitrogens with zero attached hydrogens (tertiary/aromatic N) is 2. The molecular weight excluding hydrogens is 447 g/mol. The third-order valence-electron chi connectivity index (χ3n) is 5.78. The zero-order valence-electron chi connectivity index (χ0n) is 17.4. The van der Waals surface area contributed by atoms with Gasteiger partial charge in [-0.15, -0.1) is 0 Å². The van der Waals surface area contributed by atoms with E-state index in [1.807, 2.05) is 4.90 Å². The molecule has 33 heavy (non-hydrogen) atoms. The third kappa shape index (κ3) is 5.08. The van der Waals surface area contributed by atoms with E-state index in [4.69, 9.17) is 0 Å². The van der Waals surface area contributed by atoms with E-state index in [0.717, 1.165) is 23.8 Å². The number of hydrogen-bond donors (Lipinski definition) is 2. The maximum atomic E-state index is 13.7. The molecule has 1 aromatic heterocycles. The van der Waals surface area contributed by atoms with Crippen LogP contribution in [0, 0.1) is 0 Å². The predicted octanol–water partition coefficient (Wildman–Crippen LogP) is 3.52. The molecule has 1 aromatic carbocycles. The van der Waals surface area contributed by atoms with Crippen LogP contribution >= 0.6 is 0 Å². The Kier molecular flexibility index (Phi) is 6.24. The average Bonchev–Trinajstić information content (AvgIpc) is 3.15. The van der Waals surface area contributed by atoms with Crippen molar-refractivity contribution in [3.63, 3.8) is 0 Å². The number of alkyl halides is 4. The second-order valence-corrected chi connectivity index (χ2v) is 8.01. The molecule has 176 valence electrons. The highest BCUT2D eigenvalue weighted by Gasteiger charge is 2.31. The molecule has 11 heteroatoms. The highest BCUT2D eigenvalue weighted by molar-refractivity contribution is 6.39.